The van der Waals surface area contributed by atoms with Gasteiger partial charge in [0.1, 0.15) is 0 Å². The average molecular weight is 234 g/mol. The topological polar surface area (TPSA) is 58.0 Å². The van der Waals surface area contributed by atoms with Gasteiger partial charge in [0.15, 0.2) is 10.3 Å². The fourth-order valence-corrected chi connectivity index (χ4v) is 1.49. The quantitative estimate of drug-likeness (QED) is 0.835. The van der Waals surface area contributed by atoms with Crippen molar-refractivity contribution < 1.29 is 5.11 Å². The molecule has 76 valence electrons. The molecule has 4 nitrogen and oxygen atoms in total. The van der Waals surface area contributed by atoms with Crippen molar-refractivity contribution in [1.82, 2.24) is 10.2 Å². The van der Waals surface area contributed by atoms with Crippen LogP contribution < -0.4 is 5.32 Å². The molecule has 1 aliphatic rings. The van der Waals surface area contributed by atoms with Crippen LogP contribution >= 0.6 is 23.2 Å². The van der Waals surface area contributed by atoms with Crippen LogP contribution in [0.25, 0.3) is 0 Å². The second kappa shape index (κ2) is 3.53. The largest absolute Gasteiger partial charge is 0.394 e. The van der Waals surface area contributed by atoms with Gasteiger partial charge in [-0.25, -0.2) is 0 Å². The summed E-state index contributed by atoms with van der Waals surface area (Å²) in [6.07, 6.45) is 1.86. The average Bonchev–Trinajstić information content (AvgIpc) is 2.92. The fraction of sp³-hybridized carbons (Fsp3) is 0.500. The minimum atomic E-state index is -0.226. The second-order valence-corrected chi connectivity index (χ2v) is 4.18. The molecular weight excluding hydrogens is 225 g/mol. The van der Waals surface area contributed by atoms with Crippen molar-refractivity contribution >= 4 is 28.9 Å². The normalized spacial score (nSPS) is 17.9. The molecule has 0 aliphatic heterocycles. The highest BCUT2D eigenvalue weighted by atomic mass is 35.5. The van der Waals surface area contributed by atoms with E-state index in [0.29, 0.717) is 5.69 Å². The maximum Gasteiger partial charge on any atom is 0.174 e. The smallest absolute Gasteiger partial charge is 0.174 e. The molecule has 1 aromatic rings. The molecule has 14 heavy (non-hydrogen) atoms. The Morgan fingerprint density at radius 3 is 2.71 bits per heavy atom. The zero-order valence-corrected chi connectivity index (χ0v) is 8.81. The Balaban J connectivity index is 2.20. The van der Waals surface area contributed by atoms with Gasteiger partial charge < -0.3 is 10.4 Å². The van der Waals surface area contributed by atoms with Gasteiger partial charge in [0, 0.05) is 6.07 Å². The van der Waals surface area contributed by atoms with Crippen LogP contribution in [0.15, 0.2) is 6.07 Å². The van der Waals surface area contributed by atoms with Crippen molar-refractivity contribution in [3.8, 4) is 0 Å². The van der Waals surface area contributed by atoms with Gasteiger partial charge in [-0.2, -0.15) is 0 Å². The molecule has 1 heterocycles. The molecule has 0 bridgehead atoms. The Bertz CT molecular complexity index is 354. The Labute approximate surface area is 91.2 Å². The molecule has 1 aromatic heterocycles. The molecule has 0 aromatic carbocycles. The Hall–Kier alpha value is -0.580. The van der Waals surface area contributed by atoms with Gasteiger partial charge in [-0.1, -0.05) is 23.2 Å². The number of aliphatic hydroxyl groups excluding tert-OH is 1. The highest BCUT2D eigenvalue weighted by molar-refractivity contribution is 6.33. The van der Waals surface area contributed by atoms with Crippen LogP contribution in [0.2, 0.25) is 10.3 Å². The van der Waals surface area contributed by atoms with Crippen LogP contribution in [0.3, 0.4) is 0 Å². The van der Waals surface area contributed by atoms with Crippen molar-refractivity contribution in [1.29, 1.82) is 0 Å². The van der Waals surface area contributed by atoms with Gasteiger partial charge in [-0.3, -0.25) is 0 Å². The summed E-state index contributed by atoms with van der Waals surface area (Å²) in [5.41, 5.74) is 0.397. The first-order valence-corrected chi connectivity index (χ1v) is 4.99. The van der Waals surface area contributed by atoms with E-state index < -0.39 is 0 Å². The zero-order chi connectivity index (χ0) is 10.2. The number of nitrogens with zero attached hydrogens (tertiary/aromatic N) is 2. The van der Waals surface area contributed by atoms with E-state index in [1.807, 2.05) is 0 Å². The van der Waals surface area contributed by atoms with Crippen LogP contribution in [0.5, 0.6) is 0 Å². The van der Waals surface area contributed by atoms with Crippen LogP contribution in [-0.2, 0) is 0 Å². The highest BCUT2D eigenvalue weighted by Gasteiger charge is 2.42. The Kier molecular flexibility index (Phi) is 2.51. The number of nitrogens with one attached hydrogen (secondary N) is 1. The SMILES string of the molecule is OCC1(Nc2cc(Cl)nnc2Cl)CC1. The lowest BCUT2D eigenvalue weighted by molar-refractivity contribution is 0.266. The third kappa shape index (κ3) is 1.92. The first-order chi connectivity index (χ1) is 6.65. The molecule has 0 saturated heterocycles. The van der Waals surface area contributed by atoms with Crippen LogP contribution in [0.4, 0.5) is 5.69 Å². The second-order valence-electron chi connectivity index (χ2n) is 3.43. The summed E-state index contributed by atoms with van der Waals surface area (Å²) in [4.78, 5) is 0. The standard InChI is InChI=1S/C8H9Cl2N3O/c9-6-3-5(7(10)13-12-6)11-8(4-14)1-2-8/h3,14H,1-2,4H2,(H,11,12). The van der Waals surface area contributed by atoms with E-state index in [-0.39, 0.29) is 22.5 Å². The van der Waals surface area contributed by atoms with E-state index >= 15 is 0 Å². The third-order valence-electron chi connectivity index (χ3n) is 2.28. The highest BCUT2D eigenvalue weighted by Crippen LogP contribution is 2.39. The van der Waals surface area contributed by atoms with Crippen LogP contribution in [-0.4, -0.2) is 27.4 Å². The third-order valence-corrected chi connectivity index (χ3v) is 2.74. The number of rotatable bonds is 3. The summed E-state index contributed by atoms with van der Waals surface area (Å²) >= 11 is 11.5. The number of halogens is 2. The van der Waals surface area contributed by atoms with Crippen molar-refractivity contribution in [2.45, 2.75) is 18.4 Å². The molecule has 0 atom stereocenters. The molecule has 0 spiro atoms. The molecule has 1 aliphatic carbocycles. The van der Waals surface area contributed by atoms with Gasteiger partial charge in [0.05, 0.1) is 17.8 Å². The maximum atomic E-state index is 9.10. The summed E-state index contributed by atoms with van der Waals surface area (Å²) in [6.45, 7) is 0.0866. The number of aromatic nitrogens is 2. The van der Waals surface area contributed by atoms with E-state index in [0.717, 1.165) is 12.8 Å². The lowest BCUT2D eigenvalue weighted by atomic mass is 10.3. The molecule has 0 amide bonds. The Morgan fingerprint density at radius 2 is 2.14 bits per heavy atom. The fourth-order valence-electron chi connectivity index (χ4n) is 1.20. The van der Waals surface area contributed by atoms with E-state index in [1.165, 1.54) is 0 Å². The Morgan fingerprint density at radius 1 is 1.43 bits per heavy atom. The van der Waals surface area contributed by atoms with E-state index in [2.05, 4.69) is 15.5 Å². The summed E-state index contributed by atoms with van der Waals surface area (Å²) < 4.78 is 0. The van der Waals surface area contributed by atoms with Crippen molar-refractivity contribution in [3.63, 3.8) is 0 Å². The van der Waals surface area contributed by atoms with E-state index in [1.54, 1.807) is 6.07 Å². The van der Waals surface area contributed by atoms with Crippen molar-refractivity contribution in [2.75, 3.05) is 11.9 Å². The molecule has 6 heteroatoms. The van der Waals surface area contributed by atoms with E-state index in [9.17, 15) is 0 Å². The molecule has 1 saturated carbocycles. The summed E-state index contributed by atoms with van der Waals surface area (Å²) in [7, 11) is 0. The minimum absolute atomic E-state index is 0.0866. The molecular formula is C8H9Cl2N3O. The van der Waals surface area contributed by atoms with Gasteiger partial charge in [0.2, 0.25) is 0 Å². The van der Waals surface area contributed by atoms with Gasteiger partial charge in [-0.05, 0) is 12.8 Å². The van der Waals surface area contributed by atoms with Crippen molar-refractivity contribution in [3.05, 3.63) is 16.4 Å². The molecule has 1 fully saturated rings. The number of anilines is 1. The first-order valence-electron chi connectivity index (χ1n) is 4.23. The zero-order valence-electron chi connectivity index (χ0n) is 7.30. The number of hydrogen-bond donors (Lipinski definition) is 2. The molecule has 0 unspecified atom stereocenters. The summed E-state index contributed by atoms with van der Waals surface area (Å²) in [5, 5.41) is 20.0. The lowest BCUT2D eigenvalue weighted by Gasteiger charge is -2.15. The van der Waals surface area contributed by atoms with Crippen LogP contribution in [0, 0.1) is 0 Å². The van der Waals surface area contributed by atoms with Gasteiger partial charge in [0.25, 0.3) is 0 Å². The van der Waals surface area contributed by atoms with Gasteiger partial charge >= 0.3 is 0 Å². The minimum Gasteiger partial charge on any atom is -0.394 e. The van der Waals surface area contributed by atoms with E-state index in [4.69, 9.17) is 28.3 Å². The molecule has 2 N–H and O–H groups in total. The first kappa shape index (κ1) is 9.96. The number of aliphatic hydroxyl groups is 1. The molecule has 2 rings (SSSR count). The summed E-state index contributed by atoms with van der Waals surface area (Å²) in [5.74, 6) is 0. The monoisotopic (exact) mass is 233 g/mol. The predicted octanol–water partition coefficient (Wildman–Crippen LogP) is 1.72. The predicted molar refractivity (Wildman–Crippen MR) is 54.7 cm³/mol. The maximum absolute atomic E-state index is 9.10. The summed E-state index contributed by atoms with van der Waals surface area (Å²) in [6, 6.07) is 1.60. The van der Waals surface area contributed by atoms with Crippen molar-refractivity contribution in [2.24, 2.45) is 0 Å². The van der Waals surface area contributed by atoms with Crippen LogP contribution in [0.1, 0.15) is 12.8 Å². The van der Waals surface area contributed by atoms with Gasteiger partial charge in [-0.15, -0.1) is 10.2 Å². The number of hydrogen-bond acceptors (Lipinski definition) is 4. The molecule has 0 radical (unpaired) electrons. The lowest BCUT2D eigenvalue weighted by Crippen LogP contribution is -2.25.